The van der Waals surface area contributed by atoms with E-state index in [1.165, 1.54) is 25.7 Å². The first-order valence-corrected chi connectivity index (χ1v) is 7.70. The van der Waals surface area contributed by atoms with E-state index in [0.717, 1.165) is 18.3 Å². The smallest absolute Gasteiger partial charge is 0.0687 e. The Balaban J connectivity index is 1.71. The first kappa shape index (κ1) is 12.9. The molecule has 0 aromatic heterocycles. The number of aliphatic hydroxyl groups is 1. The van der Waals surface area contributed by atoms with Crippen molar-refractivity contribution in [3.8, 4) is 0 Å². The van der Waals surface area contributed by atoms with Crippen molar-refractivity contribution >= 4 is 0 Å². The lowest BCUT2D eigenvalue weighted by Crippen LogP contribution is -2.37. The molecule has 3 fully saturated rings. The molecule has 4 unspecified atom stereocenters. The van der Waals surface area contributed by atoms with Crippen molar-refractivity contribution in [3.05, 3.63) is 0 Å². The van der Waals surface area contributed by atoms with Crippen LogP contribution in [-0.2, 0) is 4.74 Å². The van der Waals surface area contributed by atoms with Gasteiger partial charge in [0.1, 0.15) is 0 Å². The standard InChI is InChI=1S/C16H28O2/c1-15(2)9-12(16(3,4)18-15)14(17)13-10-7-5-6-8-11(10)13/h10-14,17H,5-9H2,1-4H3. The average Bonchev–Trinajstić information content (AvgIpc) is 2.92. The van der Waals surface area contributed by atoms with E-state index in [1.54, 1.807) is 0 Å². The van der Waals surface area contributed by atoms with Gasteiger partial charge in [-0.1, -0.05) is 12.8 Å². The molecular formula is C16H28O2. The first-order valence-electron chi connectivity index (χ1n) is 7.70. The van der Waals surface area contributed by atoms with Crippen LogP contribution in [0.3, 0.4) is 0 Å². The van der Waals surface area contributed by atoms with E-state index in [1.807, 2.05) is 0 Å². The highest BCUT2D eigenvalue weighted by Crippen LogP contribution is 2.60. The van der Waals surface area contributed by atoms with Crippen LogP contribution in [0.15, 0.2) is 0 Å². The summed E-state index contributed by atoms with van der Waals surface area (Å²) >= 11 is 0. The molecule has 2 heteroatoms. The third-order valence-electron chi connectivity index (χ3n) is 5.67. The molecule has 1 aliphatic heterocycles. The second kappa shape index (κ2) is 3.96. The van der Waals surface area contributed by atoms with Crippen molar-refractivity contribution < 1.29 is 9.84 Å². The topological polar surface area (TPSA) is 29.5 Å². The Morgan fingerprint density at radius 1 is 1.06 bits per heavy atom. The van der Waals surface area contributed by atoms with E-state index in [0.29, 0.717) is 11.8 Å². The quantitative estimate of drug-likeness (QED) is 0.816. The molecule has 0 radical (unpaired) electrons. The molecular weight excluding hydrogens is 224 g/mol. The molecule has 1 saturated heterocycles. The molecule has 2 nitrogen and oxygen atoms in total. The van der Waals surface area contributed by atoms with Gasteiger partial charge in [0.25, 0.3) is 0 Å². The predicted molar refractivity (Wildman–Crippen MR) is 72.3 cm³/mol. The highest BCUT2D eigenvalue weighted by molar-refractivity contribution is 5.08. The Morgan fingerprint density at radius 2 is 1.61 bits per heavy atom. The Morgan fingerprint density at radius 3 is 2.06 bits per heavy atom. The second-order valence-corrected chi connectivity index (χ2v) is 7.96. The zero-order chi connectivity index (χ0) is 13.1. The minimum absolute atomic E-state index is 0.0742. The van der Waals surface area contributed by atoms with Crippen LogP contribution in [0, 0.1) is 23.7 Å². The molecule has 0 amide bonds. The maximum atomic E-state index is 10.8. The van der Waals surface area contributed by atoms with Crippen LogP contribution in [0.5, 0.6) is 0 Å². The summed E-state index contributed by atoms with van der Waals surface area (Å²) in [5.41, 5.74) is -0.246. The monoisotopic (exact) mass is 252 g/mol. The van der Waals surface area contributed by atoms with Crippen LogP contribution in [0.2, 0.25) is 0 Å². The van der Waals surface area contributed by atoms with Crippen molar-refractivity contribution in [2.45, 2.75) is 77.1 Å². The summed E-state index contributed by atoms with van der Waals surface area (Å²) < 4.78 is 6.14. The van der Waals surface area contributed by atoms with Crippen LogP contribution >= 0.6 is 0 Å². The zero-order valence-corrected chi connectivity index (χ0v) is 12.3. The maximum absolute atomic E-state index is 10.8. The van der Waals surface area contributed by atoms with E-state index < -0.39 is 0 Å². The van der Waals surface area contributed by atoms with Gasteiger partial charge in [-0.2, -0.15) is 0 Å². The lowest BCUT2D eigenvalue weighted by Gasteiger charge is -2.30. The number of rotatable bonds is 2. The molecule has 2 aliphatic carbocycles. The van der Waals surface area contributed by atoms with E-state index in [4.69, 9.17) is 4.74 Å². The van der Waals surface area contributed by atoms with Gasteiger partial charge in [0.2, 0.25) is 0 Å². The van der Waals surface area contributed by atoms with Gasteiger partial charge in [0.05, 0.1) is 17.3 Å². The van der Waals surface area contributed by atoms with Gasteiger partial charge in [-0.15, -0.1) is 0 Å². The fourth-order valence-electron chi connectivity index (χ4n) is 4.96. The van der Waals surface area contributed by atoms with Crippen molar-refractivity contribution in [3.63, 3.8) is 0 Å². The number of fused-ring (bicyclic) bond motifs is 1. The van der Waals surface area contributed by atoms with Gasteiger partial charge in [0.15, 0.2) is 0 Å². The molecule has 3 rings (SSSR count). The second-order valence-electron chi connectivity index (χ2n) is 7.96. The highest BCUT2D eigenvalue weighted by atomic mass is 16.5. The molecule has 0 aromatic rings. The van der Waals surface area contributed by atoms with E-state index >= 15 is 0 Å². The third kappa shape index (κ3) is 2.02. The summed E-state index contributed by atoms with van der Waals surface area (Å²) in [7, 11) is 0. The van der Waals surface area contributed by atoms with Crippen LogP contribution in [0.25, 0.3) is 0 Å². The van der Waals surface area contributed by atoms with Gasteiger partial charge >= 0.3 is 0 Å². The van der Waals surface area contributed by atoms with Crippen LogP contribution in [0.1, 0.15) is 59.8 Å². The van der Waals surface area contributed by atoms with E-state index in [2.05, 4.69) is 27.7 Å². The van der Waals surface area contributed by atoms with Gasteiger partial charge in [-0.05, 0) is 64.7 Å². The Hall–Kier alpha value is -0.0800. The summed E-state index contributed by atoms with van der Waals surface area (Å²) in [5, 5.41) is 10.8. The summed E-state index contributed by atoms with van der Waals surface area (Å²) in [5.74, 6) is 2.54. The molecule has 3 aliphatic rings. The highest BCUT2D eigenvalue weighted by Gasteiger charge is 2.59. The Bertz CT molecular complexity index is 322. The van der Waals surface area contributed by atoms with Crippen molar-refractivity contribution in [1.29, 1.82) is 0 Å². The van der Waals surface area contributed by atoms with Gasteiger partial charge in [-0.3, -0.25) is 0 Å². The fraction of sp³-hybridized carbons (Fsp3) is 1.00. The van der Waals surface area contributed by atoms with Crippen LogP contribution in [-0.4, -0.2) is 22.4 Å². The van der Waals surface area contributed by atoms with Gasteiger partial charge in [0, 0.05) is 5.92 Å². The average molecular weight is 252 g/mol. The molecule has 104 valence electrons. The van der Waals surface area contributed by atoms with E-state index in [-0.39, 0.29) is 17.3 Å². The molecule has 18 heavy (non-hydrogen) atoms. The van der Waals surface area contributed by atoms with Crippen LogP contribution in [0.4, 0.5) is 0 Å². The van der Waals surface area contributed by atoms with Crippen molar-refractivity contribution in [2.75, 3.05) is 0 Å². The fourth-order valence-corrected chi connectivity index (χ4v) is 4.96. The molecule has 1 heterocycles. The number of aliphatic hydroxyl groups excluding tert-OH is 1. The van der Waals surface area contributed by atoms with Crippen LogP contribution < -0.4 is 0 Å². The minimum atomic E-state index is -0.172. The summed E-state index contributed by atoms with van der Waals surface area (Å²) in [6.07, 6.45) is 6.31. The number of hydrogen-bond acceptors (Lipinski definition) is 2. The third-order valence-corrected chi connectivity index (χ3v) is 5.67. The van der Waals surface area contributed by atoms with E-state index in [9.17, 15) is 5.11 Å². The minimum Gasteiger partial charge on any atom is -0.392 e. The Kier molecular flexibility index (Phi) is 2.84. The molecule has 4 atom stereocenters. The lowest BCUT2D eigenvalue weighted by molar-refractivity contribution is -0.0904. The SMILES string of the molecule is CC1(C)CC(C(O)C2C3CCCCC32)C(C)(C)O1. The van der Waals surface area contributed by atoms with Crippen molar-refractivity contribution in [2.24, 2.45) is 23.7 Å². The summed E-state index contributed by atoms with van der Waals surface area (Å²) in [6, 6.07) is 0. The predicted octanol–water partition coefficient (Wildman–Crippen LogP) is 3.38. The molecule has 2 saturated carbocycles. The zero-order valence-electron chi connectivity index (χ0n) is 12.3. The Labute approximate surface area is 111 Å². The molecule has 0 spiro atoms. The van der Waals surface area contributed by atoms with Gasteiger partial charge in [-0.25, -0.2) is 0 Å². The number of hydrogen-bond donors (Lipinski definition) is 1. The summed E-state index contributed by atoms with van der Waals surface area (Å²) in [6.45, 7) is 8.62. The first-order chi connectivity index (χ1) is 8.32. The molecule has 1 N–H and O–H groups in total. The van der Waals surface area contributed by atoms with Crippen molar-refractivity contribution in [1.82, 2.24) is 0 Å². The van der Waals surface area contributed by atoms with Gasteiger partial charge < -0.3 is 9.84 Å². The molecule has 0 bridgehead atoms. The largest absolute Gasteiger partial charge is 0.392 e. The number of ether oxygens (including phenoxy) is 1. The maximum Gasteiger partial charge on any atom is 0.0687 e. The lowest BCUT2D eigenvalue weighted by atomic mass is 9.80. The normalized spacial score (nSPS) is 46.5. The molecule has 0 aromatic carbocycles. The summed E-state index contributed by atoms with van der Waals surface area (Å²) in [4.78, 5) is 0.